The summed E-state index contributed by atoms with van der Waals surface area (Å²) in [5.41, 5.74) is 7.34. The molecule has 0 spiro atoms. The van der Waals surface area contributed by atoms with E-state index < -0.39 is 0 Å². The standard InChI is InChI=1S/C15H29N5/c1-5-13-10-19(7-6-18(13)4)14(8-16)15-9-17-11-20(15)12(2)3/h9,11-14H,5-8,10,16H2,1-4H3. The minimum Gasteiger partial charge on any atom is -0.331 e. The van der Waals surface area contributed by atoms with Gasteiger partial charge in [-0.1, -0.05) is 6.92 Å². The Morgan fingerprint density at radius 2 is 2.15 bits per heavy atom. The first-order valence-electron chi connectivity index (χ1n) is 7.74. The molecule has 0 amide bonds. The Morgan fingerprint density at radius 3 is 2.75 bits per heavy atom. The molecule has 2 N–H and O–H groups in total. The summed E-state index contributed by atoms with van der Waals surface area (Å²) in [6.45, 7) is 10.6. The van der Waals surface area contributed by atoms with Gasteiger partial charge in [-0.05, 0) is 27.3 Å². The fraction of sp³-hybridized carbons (Fsp3) is 0.800. The van der Waals surface area contributed by atoms with Crippen LogP contribution in [-0.2, 0) is 0 Å². The Hall–Kier alpha value is -0.910. The number of imidazole rings is 1. The van der Waals surface area contributed by atoms with Crippen LogP contribution in [0.25, 0.3) is 0 Å². The van der Waals surface area contributed by atoms with Gasteiger partial charge in [0.2, 0.25) is 0 Å². The smallest absolute Gasteiger partial charge is 0.0951 e. The molecule has 0 saturated carbocycles. The molecular weight excluding hydrogens is 250 g/mol. The van der Waals surface area contributed by atoms with Crippen molar-refractivity contribution in [2.24, 2.45) is 5.73 Å². The van der Waals surface area contributed by atoms with Crippen molar-refractivity contribution in [1.82, 2.24) is 19.4 Å². The van der Waals surface area contributed by atoms with Crippen LogP contribution in [0.2, 0.25) is 0 Å². The molecule has 1 fully saturated rings. The largest absolute Gasteiger partial charge is 0.331 e. The van der Waals surface area contributed by atoms with E-state index in [0.717, 1.165) is 19.6 Å². The van der Waals surface area contributed by atoms with E-state index in [-0.39, 0.29) is 6.04 Å². The van der Waals surface area contributed by atoms with E-state index in [1.165, 1.54) is 12.1 Å². The lowest BCUT2D eigenvalue weighted by Crippen LogP contribution is -2.53. The van der Waals surface area contributed by atoms with Crippen LogP contribution in [-0.4, -0.2) is 58.6 Å². The van der Waals surface area contributed by atoms with E-state index in [2.05, 4.69) is 47.2 Å². The Labute approximate surface area is 122 Å². The third-order valence-corrected chi connectivity index (χ3v) is 4.54. The zero-order valence-electron chi connectivity index (χ0n) is 13.3. The third kappa shape index (κ3) is 3.05. The first-order valence-corrected chi connectivity index (χ1v) is 7.74. The van der Waals surface area contributed by atoms with Crippen molar-refractivity contribution in [3.63, 3.8) is 0 Å². The second kappa shape index (κ2) is 6.70. The average Bonchev–Trinajstić information content (AvgIpc) is 2.91. The Bertz CT molecular complexity index is 414. The average molecular weight is 279 g/mol. The van der Waals surface area contributed by atoms with Crippen molar-refractivity contribution in [3.8, 4) is 0 Å². The molecule has 1 aliphatic rings. The number of likely N-dealkylation sites (N-methyl/N-ethyl adjacent to an activating group) is 1. The van der Waals surface area contributed by atoms with E-state index in [1.807, 2.05) is 12.5 Å². The predicted octanol–water partition coefficient (Wildman–Crippen LogP) is 1.49. The van der Waals surface area contributed by atoms with E-state index in [4.69, 9.17) is 5.73 Å². The number of hydrogen-bond donors (Lipinski definition) is 1. The van der Waals surface area contributed by atoms with Gasteiger partial charge in [0.25, 0.3) is 0 Å². The van der Waals surface area contributed by atoms with Crippen LogP contribution in [0, 0.1) is 0 Å². The van der Waals surface area contributed by atoms with Crippen molar-refractivity contribution in [1.29, 1.82) is 0 Å². The number of rotatable bonds is 5. The van der Waals surface area contributed by atoms with Crippen LogP contribution in [0.15, 0.2) is 12.5 Å². The molecule has 0 aromatic carbocycles. The zero-order chi connectivity index (χ0) is 14.7. The maximum atomic E-state index is 6.09. The Balaban J connectivity index is 2.17. The molecule has 0 radical (unpaired) electrons. The van der Waals surface area contributed by atoms with Gasteiger partial charge in [0.1, 0.15) is 0 Å². The van der Waals surface area contributed by atoms with E-state index in [0.29, 0.717) is 18.6 Å². The summed E-state index contributed by atoms with van der Waals surface area (Å²) in [4.78, 5) is 9.33. The highest BCUT2D eigenvalue weighted by molar-refractivity contribution is 5.08. The molecule has 5 nitrogen and oxygen atoms in total. The van der Waals surface area contributed by atoms with E-state index in [1.54, 1.807) is 0 Å². The lowest BCUT2D eigenvalue weighted by molar-refractivity contribution is 0.0617. The lowest BCUT2D eigenvalue weighted by atomic mass is 10.1. The van der Waals surface area contributed by atoms with Gasteiger partial charge in [0.05, 0.1) is 18.1 Å². The van der Waals surface area contributed by atoms with Crippen molar-refractivity contribution in [2.45, 2.75) is 45.3 Å². The summed E-state index contributed by atoms with van der Waals surface area (Å²) in [5, 5.41) is 0. The normalized spacial score (nSPS) is 23.4. The van der Waals surface area contributed by atoms with Crippen LogP contribution in [0.1, 0.15) is 45.0 Å². The molecule has 114 valence electrons. The molecule has 1 aliphatic heterocycles. The summed E-state index contributed by atoms with van der Waals surface area (Å²) in [5.74, 6) is 0. The van der Waals surface area contributed by atoms with Crippen LogP contribution in [0.5, 0.6) is 0 Å². The molecule has 2 atom stereocenters. The number of nitrogens with zero attached hydrogens (tertiary/aromatic N) is 4. The molecule has 1 aromatic rings. The Kier molecular flexibility index (Phi) is 5.18. The quantitative estimate of drug-likeness (QED) is 0.887. The Morgan fingerprint density at radius 1 is 1.40 bits per heavy atom. The van der Waals surface area contributed by atoms with Crippen molar-refractivity contribution in [2.75, 3.05) is 33.2 Å². The summed E-state index contributed by atoms with van der Waals surface area (Å²) in [6.07, 6.45) is 5.10. The van der Waals surface area contributed by atoms with Gasteiger partial charge in [0, 0.05) is 44.5 Å². The van der Waals surface area contributed by atoms with Crippen LogP contribution >= 0.6 is 0 Å². The van der Waals surface area contributed by atoms with E-state index >= 15 is 0 Å². The molecule has 2 rings (SSSR count). The molecule has 0 bridgehead atoms. The van der Waals surface area contributed by atoms with Gasteiger partial charge < -0.3 is 15.2 Å². The molecule has 1 saturated heterocycles. The maximum Gasteiger partial charge on any atom is 0.0951 e. The highest BCUT2D eigenvalue weighted by atomic mass is 15.3. The number of aromatic nitrogens is 2. The minimum atomic E-state index is 0.280. The van der Waals surface area contributed by atoms with Gasteiger partial charge in [-0.2, -0.15) is 0 Å². The molecule has 2 unspecified atom stereocenters. The number of hydrogen-bond acceptors (Lipinski definition) is 4. The molecule has 1 aromatic heterocycles. The maximum absolute atomic E-state index is 6.09. The third-order valence-electron chi connectivity index (χ3n) is 4.54. The van der Waals surface area contributed by atoms with Crippen LogP contribution < -0.4 is 5.73 Å². The van der Waals surface area contributed by atoms with Gasteiger partial charge >= 0.3 is 0 Å². The lowest BCUT2D eigenvalue weighted by Gasteiger charge is -2.42. The number of nitrogens with two attached hydrogens (primary N) is 1. The highest BCUT2D eigenvalue weighted by Gasteiger charge is 2.29. The van der Waals surface area contributed by atoms with Gasteiger partial charge in [-0.3, -0.25) is 4.90 Å². The van der Waals surface area contributed by atoms with Crippen LogP contribution in [0.3, 0.4) is 0 Å². The molecular formula is C15H29N5. The first kappa shape index (κ1) is 15.5. The topological polar surface area (TPSA) is 50.3 Å². The van der Waals surface area contributed by atoms with Crippen molar-refractivity contribution >= 4 is 0 Å². The monoisotopic (exact) mass is 279 g/mol. The van der Waals surface area contributed by atoms with E-state index in [9.17, 15) is 0 Å². The van der Waals surface area contributed by atoms with Gasteiger partial charge in [0.15, 0.2) is 0 Å². The van der Waals surface area contributed by atoms with Crippen molar-refractivity contribution in [3.05, 3.63) is 18.2 Å². The van der Waals surface area contributed by atoms with Crippen molar-refractivity contribution < 1.29 is 0 Å². The second-order valence-corrected chi connectivity index (χ2v) is 6.11. The summed E-state index contributed by atoms with van der Waals surface area (Å²) in [6, 6.07) is 1.34. The molecule has 2 heterocycles. The number of piperazine rings is 1. The van der Waals surface area contributed by atoms with Gasteiger partial charge in [-0.25, -0.2) is 4.98 Å². The molecule has 20 heavy (non-hydrogen) atoms. The fourth-order valence-corrected chi connectivity index (χ4v) is 3.16. The zero-order valence-corrected chi connectivity index (χ0v) is 13.3. The van der Waals surface area contributed by atoms with Gasteiger partial charge in [-0.15, -0.1) is 0 Å². The molecule has 0 aliphatic carbocycles. The highest BCUT2D eigenvalue weighted by Crippen LogP contribution is 2.25. The minimum absolute atomic E-state index is 0.280. The summed E-state index contributed by atoms with van der Waals surface area (Å²) >= 11 is 0. The second-order valence-electron chi connectivity index (χ2n) is 6.11. The molecule has 5 heteroatoms. The summed E-state index contributed by atoms with van der Waals surface area (Å²) in [7, 11) is 2.22. The fourth-order valence-electron chi connectivity index (χ4n) is 3.16. The van der Waals surface area contributed by atoms with Crippen LogP contribution in [0.4, 0.5) is 0 Å². The predicted molar refractivity (Wildman–Crippen MR) is 82.7 cm³/mol. The summed E-state index contributed by atoms with van der Waals surface area (Å²) < 4.78 is 2.25. The SMILES string of the molecule is CCC1CN(C(CN)c2cncn2C(C)C)CCN1C. The first-order chi connectivity index (χ1) is 9.58.